The van der Waals surface area contributed by atoms with E-state index in [1.165, 1.54) is 24.1 Å². The number of aromatic nitrogens is 1. The quantitative estimate of drug-likeness (QED) is 0.914. The van der Waals surface area contributed by atoms with Crippen LogP contribution in [0.1, 0.15) is 44.9 Å². The molecule has 3 rings (SSSR count). The third kappa shape index (κ3) is 2.75. The van der Waals surface area contributed by atoms with Crippen molar-refractivity contribution in [2.75, 3.05) is 13.1 Å². The molecule has 20 heavy (non-hydrogen) atoms. The number of hydrogen-bond acceptors (Lipinski definition) is 3. The van der Waals surface area contributed by atoms with Crippen molar-refractivity contribution >= 4 is 0 Å². The summed E-state index contributed by atoms with van der Waals surface area (Å²) in [6, 6.07) is 4.86. The predicted octanol–water partition coefficient (Wildman–Crippen LogP) is 2.61. The number of hydrogen-bond donors (Lipinski definition) is 1. The fourth-order valence-electron chi connectivity index (χ4n) is 3.48. The Bertz CT molecular complexity index is 469. The van der Waals surface area contributed by atoms with Gasteiger partial charge in [0.15, 0.2) is 0 Å². The van der Waals surface area contributed by atoms with Gasteiger partial charge < -0.3 is 5.32 Å². The predicted molar refractivity (Wildman–Crippen MR) is 82.6 cm³/mol. The van der Waals surface area contributed by atoms with Gasteiger partial charge in [-0.25, -0.2) is 0 Å². The Morgan fingerprint density at radius 3 is 2.95 bits per heavy atom. The molecule has 110 valence electrons. The van der Waals surface area contributed by atoms with E-state index in [0.29, 0.717) is 11.6 Å². The van der Waals surface area contributed by atoms with E-state index < -0.39 is 0 Å². The Labute approximate surface area is 122 Å². The monoisotopic (exact) mass is 273 g/mol. The van der Waals surface area contributed by atoms with Crippen molar-refractivity contribution in [1.29, 1.82) is 0 Å². The minimum Gasteiger partial charge on any atom is -0.308 e. The molecule has 3 nitrogen and oxygen atoms in total. The van der Waals surface area contributed by atoms with Crippen LogP contribution >= 0.6 is 0 Å². The summed E-state index contributed by atoms with van der Waals surface area (Å²) in [4.78, 5) is 7.25. The van der Waals surface area contributed by atoms with Gasteiger partial charge in [-0.2, -0.15) is 0 Å². The van der Waals surface area contributed by atoms with Crippen molar-refractivity contribution in [3.63, 3.8) is 0 Å². The van der Waals surface area contributed by atoms with Gasteiger partial charge in [-0.3, -0.25) is 9.88 Å². The summed E-state index contributed by atoms with van der Waals surface area (Å²) in [6.45, 7) is 10.2. The van der Waals surface area contributed by atoms with Gasteiger partial charge in [0, 0.05) is 37.4 Å². The molecule has 1 N–H and O–H groups in total. The summed E-state index contributed by atoms with van der Waals surface area (Å²) in [5, 5.41) is 3.79. The molecule has 2 atom stereocenters. The number of nitrogens with one attached hydrogen (secondary N) is 1. The summed E-state index contributed by atoms with van der Waals surface area (Å²) < 4.78 is 0. The maximum Gasteiger partial charge on any atom is 0.0575 e. The zero-order valence-corrected chi connectivity index (χ0v) is 13.0. The molecule has 1 aromatic rings. The Balaban J connectivity index is 1.74. The lowest BCUT2D eigenvalue weighted by molar-refractivity contribution is 0.0757. The Hall–Kier alpha value is -0.930. The zero-order chi connectivity index (χ0) is 14.2. The third-order valence-corrected chi connectivity index (χ3v) is 5.15. The molecule has 1 aromatic heterocycles. The molecular formula is C17H27N3. The van der Waals surface area contributed by atoms with Crippen LogP contribution in [0.2, 0.25) is 0 Å². The van der Waals surface area contributed by atoms with E-state index >= 15 is 0 Å². The molecular weight excluding hydrogens is 246 g/mol. The van der Waals surface area contributed by atoms with Crippen LogP contribution in [0.4, 0.5) is 0 Å². The molecule has 0 spiro atoms. The lowest BCUT2D eigenvalue weighted by Gasteiger charge is -2.45. The first-order valence-corrected chi connectivity index (χ1v) is 8.04. The molecule has 0 aromatic carbocycles. The topological polar surface area (TPSA) is 28.2 Å². The summed E-state index contributed by atoms with van der Waals surface area (Å²) >= 11 is 0. The Kier molecular flexibility index (Phi) is 3.83. The van der Waals surface area contributed by atoms with Crippen LogP contribution in [0.5, 0.6) is 0 Å². The number of nitrogens with zero attached hydrogens (tertiary/aromatic N) is 2. The van der Waals surface area contributed by atoms with E-state index in [9.17, 15) is 0 Å². The van der Waals surface area contributed by atoms with E-state index in [1.54, 1.807) is 0 Å². The maximum atomic E-state index is 4.62. The van der Waals surface area contributed by atoms with Gasteiger partial charge >= 0.3 is 0 Å². The molecule has 3 heteroatoms. The van der Waals surface area contributed by atoms with Gasteiger partial charge in [0.05, 0.1) is 5.69 Å². The van der Waals surface area contributed by atoms with Gasteiger partial charge in [-0.05, 0) is 50.7 Å². The van der Waals surface area contributed by atoms with Crippen molar-refractivity contribution in [3.05, 3.63) is 29.6 Å². The van der Waals surface area contributed by atoms with E-state index in [0.717, 1.165) is 32.0 Å². The van der Waals surface area contributed by atoms with Gasteiger partial charge in [-0.1, -0.05) is 13.0 Å². The smallest absolute Gasteiger partial charge is 0.0575 e. The van der Waals surface area contributed by atoms with Crippen molar-refractivity contribution in [1.82, 2.24) is 15.2 Å². The average molecular weight is 273 g/mol. The molecule has 2 fully saturated rings. The summed E-state index contributed by atoms with van der Waals surface area (Å²) in [6.07, 6.45) is 5.80. The molecule has 2 aliphatic rings. The highest BCUT2D eigenvalue weighted by Gasteiger charge is 2.45. The van der Waals surface area contributed by atoms with Crippen LogP contribution in [0.15, 0.2) is 18.3 Å². The molecule has 1 saturated heterocycles. The maximum absolute atomic E-state index is 4.62. The fraction of sp³-hybridized carbons (Fsp3) is 0.706. The fourth-order valence-corrected chi connectivity index (χ4v) is 3.48. The first-order chi connectivity index (χ1) is 9.62. The van der Waals surface area contributed by atoms with Crippen LogP contribution < -0.4 is 5.32 Å². The first-order valence-electron chi connectivity index (χ1n) is 8.04. The van der Waals surface area contributed by atoms with Crippen LogP contribution in [0.25, 0.3) is 0 Å². The molecule has 1 aliphatic heterocycles. The zero-order valence-electron chi connectivity index (χ0n) is 13.0. The standard InChI is InChI=1S/C17H27N3/c1-4-14-6-5-9-18-16(14)11-20-12-17(3,15-7-8-15)19-10-13(20)2/h5-6,9,13,15,19H,4,7-8,10-12H2,1-3H3. The summed E-state index contributed by atoms with van der Waals surface area (Å²) in [5.41, 5.74) is 2.97. The van der Waals surface area contributed by atoms with Crippen LogP contribution in [-0.2, 0) is 13.0 Å². The number of piperazine rings is 1. The molecule has 2 heterocycles. The SMILES string of the molecule is CCc1cccnc1CN1CC(C)(C2CC2)NCC1C. The van der Waals surface area contributed by atoms with Gasteiger partial charge in [-0.15, -0.1) is 0 Å². The highest BCUT2D eigenvalue weighted by Crippen LogP contribution is 2.41. The first kappa shape index (κ1) is 14.0. The number of pyridine rings is 1. The van der Waals surface area contributed by atoms with E-state index in [-0.39, 0.29) is 0 Å². The van der Waals surface area contributed by atoms with E-state index in [4.69, 9.17) is 0 Å². The highest BCUT2D eigenvalue weighted by atomic mass is 15.3. The molecule has 0 bridgehead atoms. The molecule has 1 aliphatic carbocycles. The third-order valence-electron chi connectivity index (χ3n) is 5.15. The lowest BCUT2D eigenvalue weighted by atomic mass is 9.91. The lowest BCUT2D eigenvalue weighted by Crippen LogP contribution is -2.62. The van der Waals surface area contributed by atoms with Gasteiger partial charge in [0.2, 0.25) is 0 Å². The van der Waals surface area contributed by atoms with Gasteiger partial charge in [0.25, 0.3) is 0 Å². The largest absolute Gasteiger partial charge is 0.308 e. The van der Waals surface area contributed by atoms with Crippen molar-refractivity contribution in [2.24, 2.45) is 5.92 Å². The Morgan fingerprint density at radius 1 is 1.45 bits per heavy atom. The highest BCUT2D eigenvalue weighted by molar-refractivity contribution is 5.20. The minimum absolute atomic E-state index is 0.313. The van der Waals surface area contributed by atoms with Crippen molar-refractivity contribution in [3.8, 4) is 0 Å². The number of rotatable bonds is 4. The molecule has 2 unspecified atom stereocenters. The Morgan fingerprint density at radius 2 is 2.25 bits per heavy atom. The average Bonchev–Trinajstić information content (AvgIpc) is 3.29. The number of aryl methyl sites for hydroxylation is 1. The van der Waals surface area contributed by atoms with E-state index in [1.807, 2.05) is 6.20 Å². The summed E-state index contributed by atoms with van der Waals surface area (Å²) in [7, 11) is 0. The van der Waals surface area contributed by atoms with Crippen molar-refractivity contribution in [2.45, 2.75) is 58.2 Å². The van der Waals surface area contributed by atoms with Gasteiger partial charge in [0.1, 0.15) is 0 Å². The second-order valence-corrected chi connectivity index (χ2v) is 6.79. The normalized spacial score (nSPS) is 31.4. The van der Waals surface area contributed by atoms with Crippen LogP contribution in [0, 0.1) is 5.92 Å². The second-order valence-electron chi connectivity index (χ2n) is 6.79. The minimum atomic E-state index is 0.313. The second kappa shape index (κ2) is 5.45. The van der Waals surface area contributed by atoms with Crippen LogP contribution in [-0.4, -0.2) is 34.6 Å². The molecule has 0 amide bonds. The molecule has 0 radical (unpaired) electrons. The van der Waals surface area contributed by atoms with E-state index in [2.05, 4.69) is 48.1 Å². The molecule has 1 saturated carbocycles. The summed E-state index contributed by atoms with van der Waals surface area (Å²) in [5.74, 6) is 0.881. The van der Waals surface area contributed by atoms with Crippen LogP contribution in [0.3, 0.4) is 0 Å². The van der Waals surface area contributed by atoms with Crippen molar-refractivity contribution < 1.29 is 0 Å².